The normalized spacial score (nSPS) is 19.6. The molecule has 0 unspecified atom stereocenters. The molecule has 0 radical (unpaired) electrons. The van der Waals surface area contributed by atoms with Gasteiger partial charge in [-0.05, 0) is 36.5 Å². The standard InChI is InChI=1S/C14H18N2O/c15-13-6-2-5-11-9-16(8-7-12(11)13)14(17)10-3-1-4-10/h2,5-6,10H,1,3-4,7-9,15H2. The Balaban J connectivity index is 1.78. The fourth-order valence-electron chi connectivity index (χ4n) is 2.74. The molecule has 2 aliphatic rings. The van der Waals surface area contributed by atoms with E-state index >= 15 is 0 Å². The van der Waals surface area contributed by atoms with Crippen molar-refractivity contribution < 1.29 is 4.79 Å². The number of amides is 1. The zero-order chi connectivity index (χ0) is 11.8. The van der Waals surface area contributed by atoms with Crippen LogP contribution in [-0.2, 0) is 17.8 Å². The summed E-state index contributed by atoms with van der Waals surface area (Å²) in [5.41, 5.74) is 9.30. The maximum atomic E-state index is 12.2. The third-order valence-corrected chi connectivity index (χ3v) is 4.07. The fraction of sp³-hybridized carbons (Fsp3) is 0.500. The van der Waals surface area contributed by atoms with Gasteiger partial charge in [-0.25, -0.2) is 0 Å². The smallest absolute Gasteiger partial charge is 0.225 e. The molecule has 0 bridgehead atoms. The van der Waals surface area contributed by atoms with Crippen molar-refractivity contribution in [3.8, 4) is 0 Å². The molecule has 1 aromatic rings. The number of nitrogen functional groups attached to an aromatic ring is 1. The highest BCUT2D eigenvalue weighted by atomic mass is 16.2. The number of fused-ring (bicyclic) bond motifs is 1. The van der Waals surface area contributed by atoms with E-state index in [0.717, 1.165) is 38.0 Å². The van der Waals surface area contributed by atoms with Gasteiger partial charge in [0.1, 0.15) is 0 Å². The number of hydrogen-bond donors (Lipinski definition) is 1. The summed E-state index contributed by atoms with van der Waals surface area (Å²) in [6.07, 6.45) is 4.28. The maximum Gasteiger partial charge on any atom is 0.225 e. The molecule has 3 nitrogen and oxygen atoms in total. The molecule has 3 heteroatoms. The average molecular weight is 230 g/mol. The number of hydrogen-bond acceptors (Lipinski definition) is 2. The van der Waals surface area contributed by atoms with E-state index in [-0.39, 0.29) is 0 Å². The Bertz CT molecular complexity index is 452. The van der Waals surface area contributed by atoms with Crippen LogP contribution in [0, 0.1) is 5.92 Å². The van der Waals surface area contributed by atoms with E-state index in [0.29, 0.717) is 11.8 Å². The van der Waals surface area contributed by atoms with Gasteiger partial charge in [-0.2, -0.15) is 0 Å². The molecule has 1 amide bonds. The molecule has 1 aliphatic carbocycles. The first-order chi connectivity index (χ1) is 8.25. The summed E-state index contributed by atoms with van der Waals surface area (Å²) >= 11 is 0. The van der Waals surface area contributed by atoms with Gasteiger partial charge in [-0.1, -0.05) is 18.6 Å². The number of nitrogens with two attached hydrogens (primary N) is 1. The molecule has 1 fully saturated rings. The van der Waals surface area contributed by atoms with Gasteiger partial charge in [-0.15, -0.1) is 0 Å². The van der Waals surface area contributed by atoms with E-state index in [2.05, 4.69) is 6.07 Å². The van der Waals surface area contributed by atoms with Gasteiger partial charge in [0.15, 0.2) is 0 Å². The quantitative estimate of drug-likeness (QED) is 0.750. The predicted octanol–water partition coefficient (Wildman–Crippen LogP) is 1.95. The van der Waals surface area contributed by atoms with Crippen molar-refractivity contribution in [2.24, 2.45) is 5.92 Å². The van der Waals surface area contributed by atoms with Crippen LogP contribution in [-0.4, -0.2) is 17.4 Å². The molecule has 17 heavy (non-hydrogen) atoms. The Morgan fingerprint density at radius 2 is 2.18 bits per heavy atom. The third-order valence-electron chi connectivity index (χ3n) is 4.07. The lowest BCUT2D eigenvalue weighted by molar-refractivity contribution is -0.139. The molecule has 1 heterocycles. The second-order valence-corrected chi connectivity index (χ2v) is 5.12. The highest BCUT2D eigenvalue weighted by Crippen LogP contribution is 2.31. The van der Waals surface area contributed by atoms with E-state index in [9.17, 15) is 4.79 Å². The number of rotatable bonds is 1. The third kappa shape index (κ3) is 1.79. The van der Waals surface area contributed by atoms with Gasteiger partial charge in [0.05, 0.1) is 0 Å². The van der Waals surface area contributed by atoms with Crippen LogP contribution in [0.1, 0.15) is 30.4 Å². The number of nitrogens with zero attached hydrogens (tertiary/aromatic N) is 1. The SMILES string of the molecule is Nc1cccc2c1CCN(C(=O)C1CCC1)C2. The van der Waals surface area contributed by atoms with Crippen LogP contribution >= 0.6 is 0 Å². The second kappa shape index (κ2) is 4.06. The first-order valence-corrected chi connectivity index (χ1v) is 6.41. The van der Waals surface area contributed by atoms with Crippen LogP contribution in [0.25, 0.3) is 0 Å². The molecule has 1 aliphatic heterocycles. The van der Waals surface area contributed by atoms with E-state index in [1.165, 1.54) is 17.5 Å². The van der Waals surface area contributed by atoms with Gasteiger partial charge in [-0.3, -0.25) is 4.79 Å². The van der Waals surface area contributed by atoms with Crippen molar-refractivity contribution in [3.05, 3.63) is 29.3 Å². The molecule has 0 spiro atoms. The van der Waals surface area contributed by atoms with Gasteiger partial charge < -0.3 is 10.6 Å². The lowest BCUT2D eigenvalue weighted by Crippen LogP contribution is -2.41. The second-order valence-electron chi connectivity index (χ2n) is 5.12. The lowest BCUT2D eigenvalue weighted by Gasteiger charge is -2.35. The van der Waals surface area contributed by atoms with Gasteiger partial charge in [0.25, 0.3) is 0 Å². The molecular weight excluding hydrogens is 212 g/mol. The van der Waals surface area contributed by atoms with Crippen molar-refractivity contribution in [2.45, 2.75) is 32.2 Å². The number of carbonyl (C=O) groups is 1. The summed E-state index contributed by atoms with van der Waals surface area (Å²) in [4.78, 5) is 14.2. The summed E-state index contributed by atoms with van der Waals surface area (Å²) in [5, 5.41) is 0. The Labute approximate surface area is 102 Å². The Kier molecular flexibility index (Phi) is 2.54. The van der Waals surface area contributed by atoms with Crippen LogP contribution in [0.15, 0.2) is 18.2 Å². The van der Waals surface area contributed by atoms with Crippen molar-refractivity contribution in [2.75, 3.05) is 12.3 Å². The van der Waals surface area contributed by atoms with Crippen molar-refractivity contribution in [1.82, 2.24) is 4.90 Å². The minimum atomic E-state index is 0.303. The maximum absolute atomic E-state index is 12.2. The highest BCUT2D eigenvalue weighted by molar-refractivity contribution is 5.80. The van der Waals surface area contributed by atoms with E-state index in [1.807, 2.05) is 17.0 Å². The van der Waals surface area contributed by atoms with Crippen LogP contribution in [0.4, 0.5) is 5.69 Å². The van der Waals surface area contributed by atoms with Crippen molar-refractivity contribution in [1.29, 1.82) is 0 Å². The molecule has 1 saturated carbocycles. The van der Waals surface area contributed by atoms with Crippen molar-refractivity contribution in [3.63, 3.8) is 0 Å². The zero-order valence-electron chi connectivity index (χ0n) is 9.98. The minimum absolute atomic E-state index is 0.303. The van der Waals surface area contributed by atoms with Crippen LogP contribution in [0.3, 0.4) is 0 Å². The van der Waals surface area contributed by atoms with E-state index in [4.69, 9.17) is 5.73 Å². The summed E-state index contributed by atoms with van der Waals surface area (Å²) in [5.74, 6) is 0.655. The monoisotopic (exact) mass is 230 g/mol. The summed E-state index contributed by atoms with van der Waals surface area (Å²) < 4.78 is 0. The average Bonchev–Trinajstić information content (AvgIpc) is 2.26. The largest absolute Gasteiger partial charge is 0.398 e. The molecule has 0 aromatic heterocycles. The molecule has 2 N–H and O–H groups in total. The minimum Gasteiger partial charge on any atom is -0.398 e. The lowest BCUT2D eigenvalue weighted by atomic mass is 9.83. The molecule has 90 valence electrons. The Morgan fingerprint density at radius 1 is 1.35 bits per heavy atom. The van der Waals surface area contributed by atoms with Gasteiger partial charge >= 0.3 is 0 Å². The van der Waals surface area contributed by atoms with Gasteiger partial charge in [0, 0.05) is 24.7 Å². The number of benzene rings is 1. The molecular formula is C14H18N2O. The first-order valence-electron chi connectivity index (χ1n) is 6.41. The van der Waals surface area contributed by atoms with Crippen molar-refractivity contribution >= 4 is 11.6 Å². The number of anilines is 1. The van der Waals surface area contributed by atoms with Crippen LogP contribution < -0.4 is 5.73 Å². The highest BCUT2D eigenvalue weighted by Gasteiger charge is 2.31. The fourth-order valence-corrected chi connectivity index (χ4v) is 2.74. The predicted molar refractivity (Wildman–Crippen MR) is 67.3 cm³/mol. The Hall–Kier alpha value is -1.51. The summed E-state index contributed by atoms with van der Waals surface area (Å²) in [6, 6.07) is 6.01. The molecule has 3 rings (SSSR count). The van der Waals surface area contributed by atoms with Crippen LogP contribution in [0.2, 0.25) is 0 Å². The van der Waals surface area contributed by atoms with Gasteiger partial charge in [0.2, 0.25) is 5.91 Å². The molecule has 0 saturated heterocycles. The zero-order valence-corrected chi connectivity index (χ0v) is 9.98. The van der Waals surface area contributed by atoms with E-state index < -0.39 is 0 Å². The number of carbonyl (C=O) groups excluding carboxylic acids is 1. The van der Waals surface area contributed by atoms with E-state index in [1.54, 1.807) is 0 Å². The first kappa shape index (κ1) is 10.6. The van der Waals surface area contributed by atoms with Crippen LogP contribution in [0.5, 0.6) is 0 Å². The molecule has 1 aromatic carbocycles. The topological polar surface area (TPSA) is 46.3 Å². The summed E-state index contributed by atoms with van der Waals surface area (Å²) in [7, 11) is 0. The Morgan fingerprint density at radius 3 is 2.88 bits per heavy atom. The summed E-state index contributed by atoms with van der Waals surface area (Å²) in [6.45, 7) is 1.58. The molecule has 0 atom stereocenters.